The molecule has 3 aliphatic heterocycles. The number of benzene rings is 1. The van der Waals surface area contributed by atoms with Gasteiger partial charge in [-0.3, -0.25) is 20.0 Å². The van der Waals surface area contributed by atoms with Crippen LogP contribution in [0.2, 0.25) is 0 Å². The summed E-state index contributed by atoms with van der Waals surface area (Å²) >= 11 is 0. The molecule has 2 N–H and O–H groups in total. The van der Waals surface area contributed by atoms with Gasteiger partial charge in [-0.1, -0.05) is 18.2 Å². The summed E-state index contributed by atoms with van der Waals surface area (Å²) in [6, 6.07) is 8.53. The molecule has 1 unspecified atom stereocenters. The van der Waals surface area contributed by atoms with Gasteiger partial charge in [0.25, 0.3) is 0 Å². The van der Waals surface area contributed by atoms with E-state index >= 15 is 0 Å². The number of aliphatic carboxylic acids is 1. The van der Waals surface area contributed by atoms with Crippen LogP contribution in [0, 0.1) is 0 Å². The fraction of sp³-hybridized carbons (Fsp3) is 0.455. The van der Waals surface area contributed by atoms with E-state index in [1.165, 1.54) is 34.6 Å². The Hall–Kier alpha value is -2.72. The van der Waals surface area contributed by atoms with Crippen LogP contribution in [0.5, 0.6) is 0 Å². The maximum absolute atomic E-state index is 11.2. The number of morpholine rings is 1. The molecule has 3 aliphatic rings. The molecule has 1 atom stereocenters. The molecule has 164 valence electrons. The molecule has 0 aliphatic carbocycles. The molecule has 0 bridgehead atoms. The van der Waals surface area contributed by atoms with Crippen molar-refractivity contribution in [3.63, 3.8) is 0 Å². The van der Waals surface area contributed by atoms with Crippen LogP contribution in [0.3, 0.4) is 0 Å². The molecule has 0 radical (unpaired) electrons. The lowest BCUT2D eigenvalue weighted by Crippen LogP contribution is -2.47. The fourth-order valence-electron chi connectivity index (χ4n) is 4.76. The van der Waals surface area contributed by atoms with E-state index in [4.69, 9.17) is 9.84 Å². The van der Waals surface area contributed by atoms with Crippen molar-refractivity contribution in [3.8, 4) is 0 Å². The van der Waals surface area contributed by atoms with Crippen molar-refractivity contribution in [2.75, 3.05) is 39.4 Å². The molecule has 1 aromatic heterocycles. The highest BCUT2D eigenvalue weighted by Crippen LogP contribution is 2.32. The summed E-state index contributed by atoms with van der Waals surface area (Å²) < 4.78 is 7.87. The summed E-state index contributed by atoms with van der Waals surface area (Å²) in [7, 11) is 0. The summed E-state index contributed by atoms with van der Waals surface area (Å²) in [5.74, 6) is -1.11. The van der Waals surface area contributed by atoms with E-state index < -0.39 is 12.3 Å². The van der Waals surface area contributed by atoms with E-state index in [1.807, 2.05) is 0 Å². The topological polar surface area (TPSA) is 93.8 Å². The van der Waals surface area contributed by atoms with Crippen LogP contribution in [0.15, 0.2) is 41.0 Å². The highest BCUT2D eigenvalue weighted by Gasteiger charge is 2.31. The Labute approximate surface area is 180 Å². The van der Waals surface area contributed by atoms with Crippen LogP contribution in [0.1, 0.15) is 11.3 Å². The lowest BCUT2D eigenvalue weighted by atomic mass is 10.0. The van der Waals surface area contributed by atoms with Crippen LogP contribution in [0.25, 0.3) is 10.9 Å². The summed E-state index contributed by atoms with van der Waals surface area (Å²) in [4.78, 5) is 20.0. The molecule has 1 fully saturated rings. The maximum atomic E-state index is 11.2. The van der Waals surface area contributed by atoms with Gasteiger partial charge in [-0.05, 0) is 18.1 Å². The number of hydroxylamine groups is 2. The minimum atomic E-state index is -1.11. The standard InChI is InChI=1S/C22H27N5O4/c28-21(29)16-13-23-22(27(30)14-16)25-6-5-18-17-3-1-2-4-19(17)26(20(18)15-25)8-7-24-9-11-31-12-10-24/h1-4,13-14,22,30H,5-12,15H2,(H,28,29). The number of carboxylic acids is 1. The van der Waals surface area contributed by atoms with E-state index in [0.29, 0.717) is 6.54 Å². The Balaban J connectivity index is 1.41. The van der Waals surface area contributed by atoms with Crippen molar-refractivity contribution >= 4 is 23.1 Å². The van der Waals surface area contributed by atoms with Gasteiger partial charge in [0.1, 0.15) is 0 Å². The number of aromatic nitrogens is 1. The first-order chi connectivity index (χ1) is 15.1. The first-order valence-electron chi connectivity index (χ1n) is 10.7. The Morgan fingerprint density at radius 3 is 2.74 bits per heavy atom. The number of hydrogen-bond acceptors (Lipinski definition) is 7. The highest BCUT2D eigenvalue weighted by molar-refractivity contribution is 6.08. The van der Waals surface area contributed by atoms with E-state index in [1.54, 1.807) is 0 Å². The van der Waals surface area contributed by atoms with Gasteiger partial charge in [0.2, 0.25) is 6.29 Å². The molecule has 1 aromatic carbocycles. The molecule has 0 saturated carbocycles. The number of fused-ring (bicyclic) bond motifs is 3. The predicted molar refractivity (Wildman–Crippen MR) is 115 cm³/mol. The Morgan fingerprint density at radius 1 is 1.16 bits per heavy atom. The van der Waals surface area contributed by atoms with Crippen LogP contribution >= 0.6 is 0 Å². The fourth-order valence-corrected chi connectivity index (χ4v) is 4.76. The van der Waals surface area contributed by atoms with E-state index in [0.717, 1.165) is 57.4 Å². The number of nitrogens with zero attached hydrogens (tertiary/aromatic N) is 5. The zero-order valence-electron chi connectivity index (χ0n) is 17.4. The third-order valence-electron chi connectivity index (χ3n) is 6.37. The van der Waals surface area contributed by atoms with Crippen LogP contribution in [0.4, 0.5) is 0 Å². The summed E-state index contributed by atoms with van der Waals surface area (Å²) in [6.45, 7) is 6.73. The second kappa shape index (κ2) is 8.43. The van der Waals surface area contributed by atoms with Crippen molar-refractivity contribution in [1.29, 1.82) is 0 Å². The van der Waals surface area contributed by atoms with E-state index in [9.17, 15) is 10.0 Å². The van der Waals surface area contributed by atoms with Crippen molar-refractivity contribution in [2.45, 2.75) is 25.8 Å². The zero-order valence-corrected chi connectivity index (χ0v) is 17.4. The predicted octanol–water partition coefficient (Wildman–Crippen LogP) is 1.36. The lowest BCUT2D eigenvalue weighted by molar-refractivity contribution is -0.140. The average molecular weight is 425 g/mol. The molecular formula is C22H27N5O4. The number of ether oxygens (including phenoxy) is 1. The van der Waals surface area contributed by atoms with Crippen molar-refractivity contribution in [2.24, 2.45) is 4.99 Å². The van der Waals surface area contributed by atoms with Gasteiger partial charge in [-0.15, -0.1) is 0 Å². The van der Waals surface area contributed by atoms with Crippen molar-refractivity contribution < 1.29 is 19.8 Å². The van der Waals surface area contributed by atoms with Gasteiger partial charge >= 0.3 is 5.97 Å². The zero-order chi connectivity index (χ0) is 21.4. The number of aliphatic imine (C=N–C) groups is 1. The van der Waals surface area contributed by atoms with Gasteiger partial charge in [0, 0.05) is 68.3 Å². The normalized spacial score (nSPS) is 22.5. The average Bonchev–Trinajstić information content (AvgIpc) is 3.11. The van der Waals surface area contributed by atoms with Crippen LogP contribution in [-0.2, 0) is 29.0 Å². The molecule has 4 heterocycles. The van der Waals surface area contributed by atoms with Gasteiger partial charge in [0.05, 0.1) is 18.8 Å². The van der Waals surface area contributed by atoms with E-state index in [-0.39, 0.29) is 5.57 Å². The molecule has 5 rings (SSSR count). The maximum Gasteiger partial charge on any atom is 0.338 e. The summed E-state index contributed by atoms with van der Waals surface area (Å²) in [5, 5.41) is 21.7. The molecule has 0 spiro atoms. The first kappa shape index (κ1) is 20.2. The number of hydrogen-bond donors (Lipinski definition) is 2. The number of para-hydroxylation sites is 1. The van der Waals surface area contributed by atoms with Crippen molar-refractivity contribution in [1.82, 2.24) is 19.4 Å². The number of carbonyl (C=O) groups is 1. The highest BCUT2D eigenvalue weighted by atomic mass is 16.5. The third kappa shape index (κ3) is 3.85. The monoisotopic (exact) mass is 425 g/mol. The number of carboxylic acid groups (broad SMARTS) is 1. The Morgan fingerprint density at radius 2 is 1.97 bits per heavy atom. The number of rotatable bonds is 5. The minimum absolute atomic E-state index is 0.0314. The SMILES string of the molecule is O=C(O)C1=CN(O)C(N2CCc3c(n(CCN4CCOCC4)c4ccccc34)C2)N=C1. The van der Waals surface area contributed by atoms with Gasteiger partial charge in [0.15, 0.2) is 0 Å². The quantitative estimate of drug-likeness (QED) is 0.747. The van der Waals surface area contributed by atoms with Crippen LogP contribution < -0.4 is 0 Å². The Kier molecular flexibility index (Phi) is 5.49. The molecule has 9 nitrogen and oxygen atoms in total. The van der Waals surface area contributed by atoms with Gasteiger partial charge in [-0.25, -0.2) is 9.86 Å². The molecule has 2 aromatic rings. The summed E-state index contributed by atoms with van der Waals surface area (Å²) in [5.41, 5.74) is 3.82. The third-order valence-corrected chi connectivity index (χ3v) is 6.37. The van der Waals surface area contributed by atoms with E-state index in [2.05, 4.69) is 43.6 Å². The first-order valence-corrected chi connectivity index (χ1v) is 10.7. The molecule has 9 heteroatoms. The van der Waals surface area contributed by atoms with Gasteiger partial charge in [-0.2, -0.15) is 0 Å². The second-order valence-corrected chi connectivity index (χ2v) is 8.16. The lowest BCUT2D eigenvalue weighted by Gasteiger charge is -2.37. The summed E-state index contributed by atoms with van der Waals surface area (Å²) in [6.07, 6.45) is 2.78. The van der Waals surface area contributed by atoms with Crippen LogP contribution in [-0.4, -0.2) is 87.6 Å². The molecule has 1 saturated heterocycles. The largest absolute Gasteiger partial charge is 0.478 e. The van der Waals surface area contributed by atoms with Gasteiger partial charge < -0.3 is 14.4 Å². The smallest absolute Gasteiger partial charge is 0.338 e. The minimum Gasteiger partial charge on any atom is -0.478 e. The molecule has 0 amide bonds. The second-order valence-electron chi connectivity index (χ2n) is 8.16. The molecule has 31 heavy (non-hydrogen) atoms. The molecular weight excluding hydrogens is 398 g/mol. The van der Waals surface area contributed by atoms with Crippen molar-refractivity contribution in [3.05, 3.63) is 47.3 Å². The Bertz CT molecular complexity index is 1040.